The van der Waals surface area contributed by atoms with Gasteiger partial charge in [0.1, 0.15) is 0 Å². The highest BCUT2D eigenvalue weighted by Crippen LogP contribution is 2.15. The molecule has 4 nitrogen and oxygen atoms in total. The predicted octanol–water partition coefficient (Wildman–Crippen LogP) is 1.72. The maximum Gasteiger partial charge on any atom is 0.330 e. The summed E-state index contributed by atoms with van der Waals surface area (Å²) in [5, 5.41) is 8.71. The van der Waals surface area contributed by atoms with Gasteiger partial charge in [0.25, 0.3) is 0 Å². The minimum absolute atomic E-state index is 0.330. The zero-order valence-electron chi connectivity index (χ0n) is 8.93. The molecule has 0 spiro atoms. The van der Waals surface area contributed by atoms with E-state index in [1.165, 1.54) is 12.2 Å². The van der Waals surface area contributed by atoms with Crippen LogP contribution < -0.4 is 5.73 Å². The van der Waals surface area contributed by atoms with Crippen LogP contribution in [0.25, 0.3) is 6.08 Å². The molecule has 0 unspecified atom stereocenters. The summed E-state index contributed by atoms with van der Waals surface area (Å²) in [4.78, 5) is 11.1. The fraction of sp³-hybridized carbons (Fsp3) is 0.167. The summed E-state index contributed by atoms with van der Waals surface area (Å²) in [5.41, 5.74) is 7.33. The van der Waals surface area contributed by atoms with Crippen molar-refractivity contribution < 1.29 is 9.53 Å². The van der Waals surface area contributed by atoms with Gasteiger partial charge in [0.15, 0.2) is 0 Å². The van der Waals surface area contributed by atoms with Crippen molar-refractivity contribution in [3.63, 3.8) is 0 Å². The molecule has 0 amide bonds. The van der Waals surface area contributed by atoms with Gasteiger partial charge in [0.2, 0.25) is 0 Å². The molecule has 0 atom stereocenters. The number of hydrogen-bond acceptors (Lipinski definition) is 4. The standard InChI is InChI=1S/C12H12N2O2/c1-2-16-12(15)6-4-10-7-9(8-13)3-5-11(10)14/h3-7H,2,14H2,1H3. The number of nitrogens with zero attached hydrogens (tertiary/aromatic N) is 1. The summed E-state index contributed by atoms with van der Waals surface area (Å²) in [7, 11) is 0. The molecule has 16 heavy (non-hydrogen) atoms. The van der Waals surface area contributed by atoms with Gasteiger partial charge >= 0.3 is 5.97 Å². The molecule has 4 heteroatoms. The molecular formula is C12H12N2O2. The largest absolute Gasteiger partial charge is 0.463 e. The van der Waals surface area contributed by atoms with Gasteiger partial charge in [-0.25, -0.2) is 4.79 Å². The summed E-state index contributed by atoms with van der Waals surface area (Å²) < 4.78 is 4.73. The highest BCUT2D eigenvalue weighted by Gasteiger charge is 1.99. The summed E-state index contributed by atoms with van der Waals surface area (Å²) >= 11 is 0. The summed E-state index contributed by atoms with van der Waals surface area (Å²) in [6.07, 6.45) is 2.82. The Kier molecular flexibility index (Phi) is 4.10. The Balaban J connectivity index is 2.88. The molecule has 0 heterocycles. The molecule has 0 radical (unpaired) electrons. The van der Waals surface area contributed by atoms with Crippen LogP contribution in [-0.2, 0) is 9.53 Å². The molecule has 2 N–H and O–H groups in total. The summed E-state index contributed by atoms with van der Waals surface area (Å²) in [6, 6.07) is 6.87. The van der Waals surface area contributed by atoms with Crippen LogP contribution in [0.4, 0.5) is 5.69 Å². The Morgan fingerprint density at radius 1 is 1.62 bits per heavy atom. The lowest BCUT2D eigenvalue weighted by Crippen LogP contribution is -1.99. The fourth-order valence-electron chi connectivity index (χ4n) is 1.14. The number of benzene rings is 1. The van der Waals surface area contributed by atoms with E-state index in [0.29, 0.717) is 23.4 Å². The van der Waals surface area contributed by atoms with Gasteiger partial charge in [-0.3, -0.25) is 0 Å². The number of nitriles is 1. The number of anilines is 1. The van der Waals surface area contributed by atoms with Crippen LogP contribution in [0.5, 0.6) is 0 Å². The van der Waals surface area contributed by atoms with Crippen LogP contribution in [-0.4, -0.2) is 12.6 Å². The number of carbonyl (C=O) groups is 1. The van der Waals surface area contributed by atoms with Gasteiger partial charge in [-0.15, -0.1) is 0 Å². The predicted molar refractivity (Wildman–Crippen MR) is 61.2 cm³/mol. The number of ether oxygens (including phenoxy) is 1. The molecule has 0 aromatic heterocycles. The van der Waals surface area contributed by atoms with Crippen molar-refractivity contribution >= 4 is 17.7 Å². The minimum atomic E-state index is -0.427. The van der Waals surface area contributed by atoms with Crippen LogP contribution in [0.2, 0.25) is 0 Å². The first-order valence-corrected chi connectivity index (χ1v) is 4.82. The molecule has 0 bridgehead atoms. The van der Waals surface area contributed by atoms with Gasteiger partial charge in [-0.05, 0) is 36.8 Å². The molecule has 0 saturated heterocycles. The molecule has 1 aromatic carbocycles. The van der Waals surface area contributed by atoms with Crippen LogP contribution in [0.1, 0.15) is 18.1 Å². The van der Waals surface area contributed by atoms with E-state index in [4.69, 9.17) is 15.7 Å². The normalized spacial score (nSPS) is 10.0. The van der Waals surface area contributed by atoms with Crippen molar-refractivity contribution in [2.75, 3.05) is 12.3 Å². The number of esters is 1. The van der Waals surface area contributed by atoms with E-state index in [0.717, 1.165) is 0 Å². The topological polar surface area (TPSA) is 76.1 Å². The third-order valence-corrected chi connectivity index (χ3v) is 1.90. The number of rotatable bonds is 3. The van der Waals surface area contributed by atoms with E-state index in [1.54, 1.807) is 25.1 Å². The molecular weight excluding hydrogens is 204 g/mol. The van der Waals surface area contributed by atoms with Crippen molar-refractivity contribution in [3.8, 4) is 6.07 Å². The molecule has 1 rings (SSSR count). The quantitative estimate of drug-likeness (QED) is 0.474. The first-order chi connectivity index (χ1) is 7.67. The lowest BCUT2D eigenvalue weighted by molar-refractivity contribution is -0.137. The Morgan fingerprint density at radius 3 is 3.00 bits per heavy atom. The van der Waals surface area contributed by atoms with Crippen molar-refractivity contribution in [1.82, 2.24) is 0 Å². The monoisotopic (exact) mass is 216 g/mol. The average molecular weight is 216 g/mol. The Labute approximate surface area is 93.9 Å². The Bertz CT molecular complexity index is 459. The van der Waals surface area contributed by atoms with Crippen LogP contribution in [0.3, 0.4) is 0 Å². The second-order valence-corrected chi connectivity index (χ2v) is 3.04. The number of nitrogen functional groups attached to an aromatic ring is 1. The Morgan fingerprint density at radius 2 is 2.38 bits per heavy atom. The van der Waals surface area contributed by atoms with Gasteiger partial charge in [-0.2, -0.15) is 5.26 Å². The minimum Gasteiger partial charge on any atom is -0.463 e. The van der Waals surface area contributed by atoms with E-state index < -0.39 is 5.97 Å². The van der Waals surface area contributed by atoms with E-state index in [-0.39, 0.29) is 0 Å². The highest BCUT2D eigenvalue weighted by atomic mass is 16.5. The molecule has 1 aromatic rings. The van der Waals surface area contributed by atoms with Crippen LogP contribution in [0, 0.1) is 11.3 Å². The maximum absolute atomic E-state index is 11.1. The zero-order valence-corrected chi connectivity index (χ0v) is 8.93. The first-order valence-electron chi connectivity index (χ1n) is 4.82. The first kappa shape index (κ1) is 11.8. The average Bonchev–Trinajstić information content (AvgIpc) is 2.28. The van der Waals surface area contributed by atoms with Crippen LogP contribution in [0.15, 0.2) is 24.3 Å². The Hall–Kier alpha value is -2.28. The second kappa shape index (κ2) is 5.56. The van der Waals surface area contributed by atoms with Gasteiger partial charge < -0.3 is 10.5 Å². The van der Waals surface area contributed by atoms with E-state index >= 15 is 0 Å². The molecule has 0 aliphatic carbocycles. The van der Waals surface area contributed by atoms with E-state index in [9.17, 15) is 4.79 Å². The van der Waals surface area contributed by atoms with Crippen molar-refractivity contribution in [1.29, 1.82) is 5.26 Å². The van der Waals surface area contributed by atoms with Crippen molar-refractivity contribution in [2.45, 2.75) is 6.92 Å². The highest BCUT2D eigenvalue weighted by molar-refractivity contribution is 5.88. The van der Waals surface area contributed by atoms with Gasteiger partial charge in [-0.1, -0.05) is 0 Å². The smallest absolute Gasteiger partial charge is 0.330 e. The number of carbonyl (C=O) groups excluding carboxylic acids is 1. The van der Waals surface area contributed by atoms with Crippen molar-refractivity contribution in [3.05, 3.63) is 35.4 Å². The maximum atomic E-state index is 11.1. The molecule has 0 aliphatic heterocycles. The lowest BCUT2D eigenvalue weighted by atomic mass is 10.1. The molecule has 0 fully saturated rings. The second-order valence-electron chi connectivity index (χ2n) is 3.04. The SMILES string of the molecule is CCOC(=O)C=Cc1cc(C#N)ccc1N. The summed E-state index contributed by atoms with van der Waals surface area (Å²) in [6.45, 7) is 2.06. The lowest BCUT2D eigenvalue weighted by Gasteiger charge is -2.00. The number of hydrogen-bond donors (Lipinski definition) is 1. The van der Waals surface area contributed by atoms with Crippen LogP contribution >= 0.6 is 0 Å². The summed E-state index contributed by atoms with van der Waals surface area (Å²) in [5.74, 6) is -0.427. The third kappa shape index (κ3) is 3.14. The fourth-order valence-corrected chi connectivity index (χ4v) is 1.14. The van der Waals surface area contributed by atoms with E-state index in [1.807, 2.05) is 6.07 Å². The van der Waals surface area contributed by atoms with E-state index in [2.05, 4.69) is 0 Å². The van der Waals surface area contributed by atoms with Crippen molar-refractivity contribution in [2.24, 2.45) is 0 Å². The molecule has 82 valence electrons. The molecule has 0 saturated carbocycles. The molecule has 0 aliphatic rings. The zero-order chi connectivity index (χ0) is 12.0. The number of nitrogens with two attached hydrogens (primary N) is 1. The van der Waals surface area contributed by atoms with Gasteiger partial charge in [0.05, 0.1) is 18.2 Å². The van der Waals surface area contributed by atoms with Gasteiger partial charge in [0, 0.05) is 11.8 Å². The third-order valence-electron chi connectivity index (χ3n) is 1.90.